The molecule has 106 valence electrons. The summed E-state index contributed by atoms with van der Waals surface area (Å²) >= 11 is 0. The summed E-state index contributed by atoms with van der Waals surface area (Å²) in [5.41, 5.74) is 1.28. The number of aliphatic hydroxyl groups is 1. The molecule has 0 saturated heterocycles. The van der Waals surface area contributed by atoms with E-state index in [0.717, 1.165) is 17.7 Å². The summed E-state index contributed by atoms with van der Waals surface area (Å²) in [6.07, 6.45) is 0.506. The van der Waals surface area contributed by atoms with Crippen LogP contribution < -0.4 is 4.74 Å². The molecule has 2 nitrogen and oxygen atoms in total. The number of rotatable bonds is 6. The molecule has 0 radical (unpaired) electrons. The maximum Gasteiger partial charge on any atom is 0.126 e. The molecule has 0 aliphatic heterocycles. The SMILES string of the molecule is CCCOc1ccc(C(O)Cc2ccccc2F)cc1. The first-order chi connectivity index (χ1) is 9.70. The Morgan fingerprint density at radius 2 is 1.80 bits per heavy atom. The van der Waals surface area contributed by atoms with Gasteiger partial charge in [0.1, 0.15) is 11.6 Å². The molecule has 0 saturated carbocycles. The molecule has 0 aliphatic carbocycles. The van der Waals surface area contributed by atoms with E-state index in [9.17, 15) is 9.50 Å². The lowest BCUT2D eigenvalue weighted by atomic mass is 10.0. The predicted octanol–water partition coefficient (Wildman–Crippen LogP) is 3.89. The van der Waals surface area contributed by atoms with E-state index in [-0.39, 0.29) is 12.2 Å². The lowest BCUT2D eigenvalue weighted by Gasteiger charge is -2.12. The second-order valence-electron chi connectivity index (χ2n) is 4.73. The van der Waals surface area contributed by atoms with E-state index in [1.165, 1.54) is 6.07 Å². The Morgan fingerprint density at radius 3 is 2.45 bits per heavy atom. The topological polar surface area (TPSA) is 29.5 Å². The molecule has 0 heterocycles. The van der Waals surface area contributed by atoms with Gasteiger partial charge < -0.3 is 9.84 Å². The van der Waals surface area contributed by atoms with Crippen molar-refractivity contribution in [2.45, 2.75) is 25.9 Å². The van der Waals surface area contributed by atoms with Crippen LogP contribution in [0, 0.1) is 5.82 Å². The van der Waals surface area contributed by atoms with E-state index < -0.39 is 6.10 Å². The Hall–Kier alpha value is -1.87. The van der Waals surface area contributed by atoms with Crippen LogP contribution in [0.2, 0.25) is 0 Å². The van der Waals surface area contributed by atoms with Crippen molar-refractivity contribution < 1.29 is 14.2 Å². The van der Waals surface area contributed by atoms with Crippen molar-refractivity contribution in [1.82, 2.24) is 0 Å². The molecular formula is C17H19FO2. The Morgan fingerprint density at radius 1 is 1.10 bits per heavy atom. The maximum atomic E-state index is 13.5. The first-order valence-corrected chi connectivity index (χ1v) is 6.85. The highest BCUT2D eigenvalue weighted by atomic mass is 19.1. The fraction of sp³-hybridized carbons (Fsp3) is 0.294. The molecule has 20 heavy (non-hydrogen) atoms. The molecule has 0 spiro atoms. The molecule has 0 bridgehead atoms. The second-order valence-corrected chi connectivity index (χ2v) is 4.73. The number of hydrogen-bond donors (Lipinski definition) is 1. The van der Waals surface area contributed by atoms with Crippen molar-refractivity contribution in [3.05, 3.63) is 65.5 Å². The molecule has 2 aromatic rings. The fourth-order valence-corrected chi connectivity index (χ4v) is 2.00. The molecule has 0 amide bonds. The van der Waals surface area contributed by atoms with Gasteiger partial charge in [0.05, 0.1) is 12.7 Å². The van der Waals surface area contributed by atoms with Gasteiger partial charge in [-0.25, -0.2) is 4.39 Å². The number of halogens is 1. The van der Waals surface area contributed by atoms with Crippen LogP contribution in [0.15, 0.2) is 48.5 Å². The van der Waals surface area contributed by atoms with Crippen LogP contribution in [0.1, 0.15) is 30.6 Å². The molecule has 0 aromatic heterocycles. The largest absolute Gasteiger partial charge is 0.494 e. The summed E-state index contributed by atoms with van der Waals surface area (Å²) in [4.78, 5) is 0. The lowest BCUT2D eigenvalue weighted by molar-refractivity contribution is 0.177. The van der Waals surface area contributed by atoms with Crippen LogP contribution in [0.25, 0.3) is 0 Å². The van der Waals surface area contributed by atoms with Gasteiger partial charge in [-0.3, -0.25) is 0 Å². The van der Waals surface area contributed by atoms with Crippen LogP contribution in [0.4, 0.5) is 4.39 Å². The zero-order chi connectivity index (χ0) is 14.4. The zero-order valence-electron chi connectivity index (χ0n) is 11.6. The molecular weight excluding hydrogens is 255 g/mol. The van der Waals surface area contributed by atoms with Gasteiger partial charge >= 0.3 is 0 Å². The average Bonchev–Trinajstić information content (AvgIpc) is 2.48. The van der Waals surface area contributed by atoms with Gasteiger partial charge in [-0.05, 0) is 35.7 Å². The van der Waals surface area contributed by atoms with Crippen molar-refractivity contribution in [3.8, 4) is 5.75 Å². The Balaban J connectivity index is 2.02. The summed E-state index contributed by atoms with van der Waals surface area (Å²) in [5, 5.41) is 10.2. The number of benzene rings is 2. The van der Waals surface area contributed by atoms with Gasteiger partial charge in [-0.15, -0.1) is 0 Å². The van der Waals surface area contributed by atoms with Gasteiger partial charge in [0.25, 0.3) is 0 Å². The van der Waals surface area contributed by atoms with Gasteiger partial charge in [-0.1, -0.05) is 37.3 Å². The van der Waals surface area contributed by atoms with Gasteiger partial charge in [-0.2, -0.15) is 0 Å². The predicted molar refractivity (Wildman–Crippen MR) is 77.3 cm³/mol. The summed E-state index contributed by atoms with van der Waals surface area (Å²) in [6.45, 7) is 2.73. The van der Waals surface area contributed by atoms with Crippen LogP contribution in [0.5, 0.6) is 5.75 Å². The van der Waals surface area contributed by atoms with Gasteiger partial charge in [0.15, 0.2) is 0 Å². The summed E-state index contributed by atoms with van der Waals surface area (Å²) in [6, 6.07) is 13.8. The third kappa shape index (κ3) is 3.81. The third-order valence-electron chi connectivity index (χ3n) is 3.11. The van der Waals surface area contributed by atoms with E-state index in [0.29, 0.717) is 12.2 Å². The Labute approximate surface area is 118 Å². The summed E-state index contributed by atoms with van der Waals surface area (Å²) in [7, 11) is 0. The minimum Gasteiger partial charge on any atom is -0.494 e. The van der Waals surface area contributed by atoms with Crippen molar-refractivity contribution in [2.24, 2.45) is 0 Å². The molecule has 0 aliphatic rings. The van der Waals surface area contributed by atoms with E-state index in [1.54, 1.807) is 18.2 Å². The maximum absolute atomic E-state index is 13.5. The molecule has 2 rings (SSSR count). The highest BCUT2D eigenvalue weighted by Crippen LogP contribution is 2.22. The molecule has 3 heteroatoms. The summed E-state index contributed by atoms with van der Waals surface area (Å²) in [5.74, 6) is 0.503. The Bertz CT molecular complexity index is 537. The first-order valence-electron chi connectivity index (χ1n) is 6.85. The standard InChI is InChI=1S/C17H19FO2/c1-2-11-20-15-9-7-13(8-10-15)17(19)12-14-5-3-4-6-16(14)18/h3-10,17,19H,2,11-12H2,1H3. The van der Waals surface area contributed by atoms with E-state index in [1.807, 2.05) is 31.2 Å². The third-order valence-corrected chi connectivity index (χ3v) is 3.11. The van der Waals surface area contributed by atoms with Crippen LogP contribution in [0.3, 0.4) is 0 Å². The minimum atomic E-state index is -0.716. The first kappa shape index (κ1) is 14.5. The second kappa shape index (κ2) is 7.06. The molecule has 0 fully saturated rings. The Kier molecular flexibility index (Phi) is 5.13. The monoisotopic (exact) mass is 274 g/mol. The molecule has 1 N–H and O–H groups in total. The van der Waals surface area contributed by atoms with Crippen LogP contribution in [-0.2, 0) is 6.42 Å². The summed E-state index contributed by atoms with van der Waals surface area (Å²) < 4.78 is 19.0. The van der Waals surface area contributed by atoms with Crippen LogP contribution >= 0.6 is 0 Å². The van der Waals surface area contributed by atoms with Crippen molar-refractivity contribution in [1.29, 1.82) is 0 Å². The van der Waals surface area contributed by atoms with E-state index in [4.69, 9.17) is 4.74 Å². The normalized spacial score (nSPS) is 12.2. The number of hydrogen-bond acceptors (Lipinski definition) is 2. The molecule has 2 aromatic carbocycles. The van der Waals surface area contributed by atoms with Gasteiger partial charge in [0, 0.05) is 6.42 Å². The number of aliphatic hydroxyl groups excluding tert-OH is 1. The minimum absolute atomic E-state index is 0.266. The fourth-order valence-electron chi connectivity index (χ4n) is 2.00. The van der Waals surface area contributed by atoms with Crippen molar-refractivity contribution in [3.63, 3.8) is 0 Å². The highest BCUT2D eigenvalue weighted by Gasteiger charge is 2.11. The number of ether oxygens (including phenoxy) is 1. The van der Waals surface area contributed by atoms with E-state index in [2.05, 4.69) is 0 Å². The zero-order valence-corrected chi connectivity index (χ0v) is 11.6. The van der Waals surface area contributed by atoms with E-state index >= 15 is 0 Å². The van der Waals surface area contributed by atoms with Gasteiger partial charge in [0.2, 0.25) is 0 Å². The molecule has 1 unspecified atom stereocenters. The lowest BCUT2D eigenvalue weighted by Crippen LogP contribution is -2.03. The van der Waals surface area contributed by atoms with Crippen molar-refractivity contribution >= 4 is 0 Å². The average molecular weight is 274 g/mol. The van der Waals surface area contributed by atoms with Crippen molar-refractivity contribution in [2.75, 3.05) is 6.61 Å². The smallest absolute Gasteiger partial charge is 0.126 e. The van der Waals surface area contributed by atoms with Crippen LogP contribution in [-0.4, -0.2) is 11.7 Å². The quantitative estimate of drug-likeness (QED) is 0.866. The highest BCUT2D eigenvalue weighted by molar-refractivity contribution is 5.30. The molecule has 1 atom stereocenters.